The molecule has 1 aliphatic heterocycles. The quantitative estimate of drug-likeness (QED) is 0.349. The summed E-state index contributed by atoms with van der Waals surface area (Å²) in [5.41, 5.74) is 7.04. The zero-order chi connectivity index (χ0) is 23.8. The van der Waals surface area contributed by atoms with Crippen molar-refractivity contribution in [2.75, 3.05) is 23.8 Å². The largest absolute Gasteiger partial charge is 0.490 e. The van der Waals surface area contributed by atoms with Gasteiger partial charge in [0, 0.05) is 22.7 Å². The van der Waals surface area contributed by atoms with Crippen LogP contribution in [0.15, 0.2) is 65.6 Å². The van der Waals surface area contributed by atoms with Crippen LogP contribution in [0, 0.1) is 0 Å². The Balaban J connectivity index is 1.19. The van der Waals surface area contributed by atoms with E-state index in [9.17, 15) is 4.79 Å². The third-order valence-corrected chi connectivity index (χ3v) is 8.04. The number of hydrogen-bond donors (Lipinski definition) is 1. The summed E-state index contributed by atoms with van der Waals surface area (Å²) in [5, 5.41) is 3.06. The van der Waals surface area contributed by atoms with Crippen molar-refractivity contribution in [3.63, 3.8) is 0 Å². The molecular formula is C30H32N2O2S. The maximum atomic E-state index is 12.9. The van der Waals surface area contributed by atoms with Gasteiger partial charge >= 0.3 is 0 Å². The normalized spacial score (nSPS) is 17.0. The molecule has 180 valence electrons. The van der Waals surface area contributed by atoms with Crippen molar-refractivity contribution in [2.45, 2.75) is 55.9 Å². The zero-order valence-electron chi connectivity index (χ0n) is 20.3. The van der Waals surface area contributed by atoms with Gasteiger partial charge in [-0.2, -0.15) is 0 Å². The summed E-state index contributed by atoms with van der Waals surface area (Å²) in [4.78, 5) is 16.5. The molecule has 0 bridgehead atoms. The molecule has 1 N–H and O–H groups in total. The molecule has 3 aromatic rings. The molecule has 2 fully saturated rings. The van der Waals surface area contributed by atoms with Crippen molar-refractivity contribution in [2.24, 2.45) is 0 Å². The summed E-state index contributed by atoms with van der Waals surface area (Å²) in [5.74, 6) is 3.24. The van der Waals surface area contributed by atoms with Gasteiger partial charge in [-0.25, -0.2) is 0 Å². The van der Waals surface area contributed by atoms with Crippen LogP contribution in [0.4, 0.5) is 11.4 Å². The van der Waals surface area contributed by atoms with E-state index >= 15 is 0 Å². The lowest BCUT2D eigenvalue weighted by molar-refractivity contribution is 0.0950. The van der Waals surface area contributed by atoms with E-state index in [1.807, 2.05) is 30.0 Å². The third-order valence-electron chi connectivity index (χ3n) is 7.14. The molecule has 0 unspecified atom stereocenters. The zero-order valence-corrected chi connectivity index (χ0v) is 21.1. The number of thioether (sulfide) groups is 1. The van der Waals surface area contributed by atoms with Crippen LogP contribution in [0.5, 0.6) is 5.75 Å². The molecule has 35 heavy (non-hydrogen) atoms. The lowest BCUT2D eigenvalue weighted by Crippen LogP contribution is -2.29. The van der Waals surface area contributed by atoms with Gasteiger partial charge in [-0.05, 0) is 102 Å². The van der Waals surface area contributed by atoms with E-state index in [4.69, 9.17) is 4.74 Å². The number of amides is 1. The van der Waals surface area contributed by atoms with Crippen LogP contribution >= 0.6 is 11.8 Å². The first-order chi connectivity index (χ1) is 17.2. The van der Waals surface area contributed by atoms with Gasteiger partial charge in [-0.15, -0.1) is 11.8 Å². The first-order valence-electron chi connectivity index (χ1n) is 12.9. The highest BCUT2D eigenvalue weighted by Crippen LogP contribution is 2.48. The Bertz CT molecular complexity index is 1200. The highest BCUT2D eigenvalue weighted by Gasteiger charge is 2.30. The minimum absolute atomic E-state index is 0.0766. The Morgan fingerprint density at radius 2 is 1.69 bits per heavy atom. The van der Waals surface area contributed by atoms with Crippen LogP contribution < -0.4 is 15.0 Å². The number of anilines is 2. The Morgan fingerprint density at radius 3 is 2.34 bits per heavy atom. The Hall–Kier alpha value is -2.92. The van der Waals surface area contributed by atoms with Crippen LogP contribution in [0.1, 0.15) is 71.5 Å². The van der Waals surface area contributed by atoms with Gasteiger partial charge < -0.3 is 15.0 Å². The number of carbonyl (C=O) groups excluding carboxylic acids is 1. The summed E-state index contributed by atoms with van der Waals surface area (Å²) in [6.45, 7) is 4.10. The summed E-state index contributed by atoms with van der Waals surface area (Å²) in [7, 11) is 0. The van der Waals surface area contributed by atoms with E-state index in [1.165, 1.54) is 47.4 Å². The SMILES string of the molecule is CCSc1ccc(CNC(=O)c2ccc3c(c2)OCCN3c2cc(C3CC3)cc(C3CC3)c2)cc1. The van der Waals surface area contributed by atoms with E-state index < -0.39 is 0 Å². The monoisotopic (exact) mass is 484 g/mol. The van der Waals surface area contributed by atoms with Crippen molar-refractivity contribution in [1.82, 2.24) is 5.32 Å². The highest BCUT2D eigenvalue weighted by atomic mass is 32.2. The lowest BCUT2D eigenvalue weighted by Gasteiger charge is -2.32. The number of benzene rings is 3. The number of nitrogens with zero attached hydrogens (tertiary/aromatic N) is 1. The van der Waals surface area contributed by atoms with Crippen LogP contribution in [-0.4, -0.2) is 24.8 Å². The molecule has 0 spiro atoms. The molecule has 0 saturated heterocycles. The number of fused-ring (bicyclic) bond motifs is 1. The lowest BCUT2D eigenvalue weighted by atomic mass is 10.0. The first kappa shape index (κ1) is 22.5. The average Bonchev–Trinajstić information content (AvgIpc) is 3.80. The van der Waals surface area contributed by atoms with E-state index in [2.05, 4.69) is 59.6 Å². The molecular weight excluding hydrogens is 452 g/mol. The summed E-state index contributed by atoms with van der Waals surface area (Å²) >= 11 is 1.82. The molecule has 5 heteroatoms. The Kier molecular flexibility index (Phi) is 6.19. The second-order valence-electron chi connectivity index (χ2n) is 9.85. The van der Waals surface area contributed by atoms with Crippen molar-refractivity contribution >= 4 is 29.0 Å². The van der Waals surface area contributed by atoms with Gasteiger partial charge in [-0.3, -0.25) is 4.79 Å². The van der Waals surface area contributed by atoms with Gasteiger partial charge in [0.05, 0.1) is 12.2 Å². The standard InChI is InChI=1S/C30H32N2O2S/c1-2-35-27-10-3-20(4-11-27)19-31-30(33)23-9-12-28-29(18-23)34-14-13-32(28)26-16-24(21-5-6-21)15-25(17-26)22-7-8-22/h3-4,9-12,15-18,21-22H,2,5-8,13-14,19H2,1H3,(H,31,33). The number of rotatable bonds is 8. The fraction of sp³-hybridized carbons (Fsp3) is 0.367. The van der Waals surface area contributed by atoms with Gasteiger partial charge in [0.2, 0.25) is 0 Å². The van der Waals surface area contributed by atoms with Crippen LogP contribution in [-0.2, 0) is 6.54 Å². The fourth-order valence-corrected chi connectivity index (χ4v) is 5.57. The minimum Gasteiger partial charge on any atom is -0.490 e. The second-order valence-corrected chi connectivity index (χ2v) is 11.2. The van der Waals surface area contributed by atoms with Gasteiger partial charge in [0.15, 0.2) is 0 Å². The molecule has 6 rings (SSSR count). The molecule has 0 aromatic heterocycles. The summed E-state index contributed by atoms with van der Waals surface area (Å²) < 4.78 is 6.02. The van der Waals surface area contributed by atoms with Crippen LogP contribution in [0.2, 0.25) is 0 Å². The number of ether oxygens (including phenoxy) is 1. The van der Waals surface area contributed by atoms with Gasteiger partial charge in [0.25, 0.3) is 5.91 Å². The van der Waals surface area contributed by atoms with E-state index in [0.29, 0.717) is 18.7 Å². The van der Waals surface area contributed by atoms with Crippen molar-refractivity contribution in [3.05, 3.63) is 82.9 Å². The topological polar surface area (TPSA) is 41.6 Å². The number of nitrogens with one attached hydrogen (secondary N) is 1. The fourth-order valence-electron chi connectivity index (χ4n) is 4.90. The molecule has 1 amide bonds. The molecule has 0 atom stereocenters. The maximum absolute atomic E-state index is 12.9. The third kappa shape index (κ3) is 5.06. The van der Waals surface area contributed by atoms with Crippen LogP contribution in [0.25, 0.3) is 0 Å². The minimum atomic E-state index is -0.0766. The molecule has 1 heterocycles. The Morgan fingerprint density at radius 1 is 0.971 bits per heavy atom. The number of carbonyl (C=O) groups is 1. The second kappa shape index (κ2) is 9.62. The van der Waals surface area contributed by atoms with E-state index in [-0.39, 0.29) is 5.91 Å². The summed E-state index contributed by atoms with van der Waals surface area (Å²) in [6, 6.07) is 21.5. The smallest absolute Gasteiger partial charge is 0.251 e. The Labute approximate surface area is 212 Å². The van der Waals surface area contributed by atoms with Gasteiger partial charge in [-0.1, -0.05) is 25.1 Å². The maximum Gasteiger partial charge on any atom is 0.251 e. The predicted molar refractivity (Wildman–Crippen MR) is 143 cm³/mol. The molecule has 4 nitrogen and oxygen atoms in total. The molecule has 0 radical (unpaired) electrons. The average molecular weight is 485 g/mol. The predicted octanol–water partition coefficient (Wildman–Crippen LogP) is 7.01. The first-order valence-corrected chi connectivity index (χ1v) is 13.9. The van der Waals surface area contributed by atoms with Crippen molar-refractivity contribution < 1.29 is 9.53 Å². The van der Waals surface area contributed by atoms with Crippen molar-refractivity contribution in [1.29, 1.82) is 0 Å². The highest BCUT2D eigenvalue weighted by molar-refractivity contribution is 7.99. The summed E-state index contributed by atoms with van der Waals surface area (Å²) in [6.07, 6.45) is 5.25. The molecule has 2 aliphatic carbocycles. The van der Waals surface area contributed by atoms with E-state index in [0.717, 1.165) is 41.1 Å². The number of hydrogen-bond acceptors (Lipinski definition) is 4. The molecule has 3 aromatic carbocycles. The molecule has 3 aliphatic rings. The van der Waals surface area contributed by atoms with Crippen LogP contribution in [0.3, 0.4) is 0 Å². The van der Waals surface area contributed by atoms with Gasteiger partial charge in [0.1, 0.15) is 12.4 Å². The van der Waals surface area contributed by atoms with Crippen molar-refractivity contribution in [3.8, 4) is 5.75 Å². The molecule has 2 saturated carbocycles. The van der Waals surface area contributed by atoms with E-state index in [1.54, 1.807) is 0 Å².